The Morgan fingerprint density at radius 2 is 1.78 bits per heavy atom. The summed E-state index contributed by atoms with van der Waals surface area (Å²) in [6, 6.07) is 12.4. The quantitative estimate of drug-likeness (QED) is 0.831. The number of aryl methyl sites for hydroxylation is 1. The van der Waals surface area contributed by atoms with Gasteiger partial charge in [-0.2, -0.15) is 0 Å². The number of Topliss-reactive ketones (excluding diaryl/α,β-unsaturated/α-hetero) is 1. The van der Waals surface area contributed by atoms with Crippen molar-refractivity contribution in [3.63, 3.8) is 0 Å². The Balaban J connectivity index is 2.10. The van der Waals surface area contributed by atoms with Crippen LogP contribution in [0.15, 0.2) is 36.4 Å². The molecule has 1 heterocycles. The van der Waals surface area contributed by atoms with E-state index in [2.05, 4.69) is 56.6 Å². The number of nitrogens with zero attached hydrogens (tertiary/aromatic N) is 1. The van der Waals surface area contributed by atoms with Crippen molar-refractivity contribution in [3.05, 3.63) is 58.9 Å². The molecule has 1 aromatic carbocycles. The second-order valence-electron chi connectivity index (χ2n) is 7.23. The van der Waals surface area contributed by atoms with Gasteiger partial charge in [0, 0.05) is 28.5 Å². The number of hydrogen-bond acceptors (Lipinski definition) is 2. The van der Waals surface area contributed by atoms with E-state index >= 15 is 0 Å². The zero-order valence-corrected chi connectivity index (χ0v) is 15.1. The molecule has 0 fully saturated rings. The van der Waals surface area contributed by atoms with Crippen molar-refractivity contribution in [1.29, 1.82) is 0 Å². The molecular formula is C20H28N2O. The highest BCUT2D eigenvalue weighted by Gasteiger charge is 2.22. The molecule has 23 heavy (non-hydrogen) atoms. The van der Waals surface area contributed by atoms with Gasteiger partial charge in [-0.05, 0) is 53.2 Å². The third-order valence-corrected chi connectivity index (χ3v) is 4.27. The number of hydrogen-bond donors (Lipinski definition) is 1. The molecule has 2 rings (SSSR count). The van der Waals surface area contributed by atoms with Crippen molar-refractivity contribution in [2.45, 2.75) is 53.1 Å². The Hall–Kier alpha value is -1.87. The minimum absolute atomic E-state index is 0.0164. The molecule has 0 aliphatic heterocycles. The van der Waals surface area contributed by atoms with E-state index in [0.29, 0.717) is 6.54 Å². The molecule has 0 saturated heterocycles. The van der Waals surface area contributed by atoms with Crippen molar-refractivity contribution in [2.75, 3.05) is 6.54 Å². The summed E-state index contributed by atoms with van der Waals surface area (Å²) < 4.78 is 2.24. The first kappa shape index (κ1) is 17.5. The van der Waals surface area contributed by atoms with Crippen LogP contribution in [0.25, 0.3) is 0 Å². The van der Waals surface area contributed by atoms with Crippen LogP contribution >= 0.6 is 0 Å². The van der Waals surface area contributed by atoms with E-state index in [-0.39, 0.29) is 17.4 Å². The lowest BCUT2D eigenvalue weighted by molar-refractivity contribution is 0.0987. The molecule has 1 atom stereocenters. The predicted molar refractivity (Wildman–Crippen MR) is 96.1 cm³/mol. The molecule has 0 saturated carbocycles. The van der Waals surface area contributed by atoms with E-state index < -0.39 is 0 Å². The van der Waals surface area contributed by atoms with Gasteiger partial charge in [0.05, 0.1) is 6.54 Å². The molecule has 1 N–H and O–H groups in total. The lowest BCUT2D eigenvalue weighted by Crippen LogP contribution is -2.27. The van der Waals surface area contributed by atoms with Crippen LogP contribution in [0.4, 0.5) is 0 Å². The van der Waals surface area contributed by atoms with Crippen molar-refractivity contribution in [1.82, 2.24) is 9.88 Å². The van der Waals surface area contributed by atoms with Crippen molar-refractivity contribution >= 4 is 5.78 Å². The summed E-state index contributed by atoms with van der Waals surface area (Å²) in [5.41, 5.74) is 4.19. The van der Waals surface area contributed by atoms with Gasteiger partial charge in [-0.1, -0.05) is 30.3 Å². The Labute approximate surface area is 139 Å². The van der Waals surface area contributed by atoms with E-state index in [9.17, 15) is 4.79 Å². The smallest absolute Gasteiger partial charge is 0.178 e. The summed E-state index contributed by atoms with van der Waals surface area (Å²) in [4.78, 5) is 12.6. The van der Waals surface area contributed by atoms with Gasteiger partial charge in [0.2, 0.25) is 0 Å². The SMILES string of the molecule is Cc1cc(C(=O)CNC(C)c2ccccc2)c(C)n1C(C)(C)C. The predicted octanol–water partition coefficient (Wildman–Crippen LogP) is 4.39. The van der Waals surface area contributed by atoms with Crippen molar-refractivity contribution in [3.8, 4) is 0 Å². The molecule has 0 aliphatic rings. The van der Waals surface area contributed by atoms with E-state index in [1.54, 1.807) is 0 Å². The Morgan fingerprint density at radius 3 is 2.30 bits per heavy atom. The molecule has 124 valence electrons. The van der Waals surface area contributed by atoms with Gasteiger partial charge in [-0.15, -0.1) is 0 Å². The molecule has 1 unspecified atom stereocenters. The van der Waals surface area contributed by atoms with Gasteiger partial charge in [-0.3, -0.25) is 4.79 Å². The van der Waals surface area contributed by atoms with Gasteiger partial charge >= 0.3 is 0 Å². The maximum Gasteiger partial charge on any atom is 0.178 e. The Kier molecular flexibility index (Phi) is 5.10. The fraction of sp³-hybridized carbons (Fsp3) is 0.450. The zero-order chi connectivity index (χ0) is 17.2. The van der Waals surface area contributed by atoms with Gasteiger partial charge in [-0.25, -0.2) is 0 Å². The number of aromatic nitrogens is 1. The molecule has 3 nitrogen and oxygen atoms in total. The highest BCUT2D eigenvalue weighted by molar-refractivity contribution is 5.99. The monoisotopic (exact) mass is 312 g/mol. The summed E-state index contributed by atoms with van der Waals surface area (Å²) in [7, 11) is 0. The standard InChI is InChI=1S/C20H28N2O/c1-14-12-18(16(3)22(14)20(4,5)6)19(23)13-21-15(2)17-10-8-7-9-11-17/h7-12,15,21H,13H2,1-6H3. The molecule has 0 amide bonds. The van der Waals surface area contributed by atoms with Gasteiger partial charge in [0.25, 0.3) is 0 Å². The Morgan fingerprint density at radius 1 is 1.17 bits per heavy atom. The number of rotatable bonds is 5. The van der Waals surface area contributed by atoms with E-state index in [0.717, 1.165) is 17.0 Å². The number of ketones is 1. The summed E-state index contributed by atoms with van der Waals surface area (Å²) in [6.07, 6.45) is 0. The highest BCUT2D eigenvalue weighted by Crippen LogP contribution is 2.24. The number of carbonyl (C=O) groups is 1. The summed E-state index contributed by atoms with van der Waals surface area (Å²) in [6.45, 7) is 13.0. The molecule has 0 radical (unpaired) electrons. The number of benzene rings is 1. The summed E-state index contributed by atoms with van der Waals surface area (Å²) >= 11 is 0. The summed E-state index contributed by atoms with van der Waals surface area (Å²) in [5, 5.41) is 3.33. The van der Waals surface area contributed by atoms with Crippen LogP contribution in [0, 0.1) is 13.8 Å². The topological polar surface area (TPSA) is 34.0 Å². The second kappa shape index (κ2) is 6.71. The average Bonchev–Trinajstić information content (AvgIpc) is 2.80. The maximum absolute atomic E-state index is 12.6. The first-order valence-electron chi connectivity index (χ1n) is 8.22. The van der Waals surface area contributed by atoms with Crippen molar-refractivity contribution in [2.24, 2.45) is 0 Å². The van der Waals surface area contributed by atoms with E-state index in [1.165, 1.54) is 5.56 Å². The largest absolute Gasteiger partial charge is 0.343 e. The lowest BCUT2D eigenvalue weighted by Gasteiger charge is -2.25. The van der Waals surface area contributed by atoms with Crippen LogP contribution in [0.1, 0.15) is 61.0 Å². The summed E-state index contributed by atoms with van der Waals surface area (Å²) in [5.74, 6) is 0.149. The van der Waals surface area contributed by atoms with Crippen LogP contribution in [0.3, 0.4) is 0 Å². The van der Waals surface area contributed by atoms with Crippen LogP contribution < -0.4 is 5.32 Å². The molecule has 1 aromatic heterocycles. The zero-order valence-electron chi connectivity index (χ0n) is 15.1. The number of nitrogens with one attached hydrogen (secondary N) is 1. The minimum atomic E-state index is -0.0164. The molecule has 0 spiro atoms. The van der Waals surface area contributed by atoms with Crippen LogP contribution in [-0.4, -0.2) is 16.9 Å². The van der Waals surface area contributed by atoms with Crippen LogP contribution in [-0.2, 0) is 5.54 Å². The number of carbonyl (C=O) groups excluding carboxylic acids is 1. The second-order valence-corrected chi connectivity index (χ2v) is 7.23. The van der Waals surface area contributed by atoms with Crippen molar-refractivity contribution < 1.29 is 4.79 Å². The van der Waals surface area contributed by atoms with E-state index in [1.807, 2.05) is 31.2 Å². The third-order valence-electron chi connectivity index (χ3n) is 4.27. The maximum atomic E-state index is 12.6. The molecule has 3 heteroatoms. The Bertz CT molecular complexity index is 678. The molecule has 2 aromatic rings. The van der Waals surface area contributed by atoms with Crippen LogP contribution in [0.2, 0.25) is 0 Å². The van der Waals surface area contributed by atoms with Gasteiger partial charge < -0.3 is 9.88 Å². The van der Waals surface area contributed by atoms with Gasteiger partial charge in [0.1, 0.15) is 0 Å². The lowest BCUT2D eigenvalue weighted by atomic mass is 10.1. The normalized spacial score (nSPS) is 13.1. The third kappa shape index (κ3) is 3.91. The first-order valence-corrected chi connectivity index (χ1v) is 8.22. The highest BCUT2D eigenvalue weighted by atomic mass is 16.1. The van der Waals surface area contributed by atoms with Crippen LogP contribution in [0.5, 0.6) is 0 Å². The molecule has 0 aliphatic carbocycles. The first-order chi connectivity index (χ1) is 10.7. The molecular weight excluding hydrogens is 284 g/mol. The minimum Gasteiger partial charge on any atom is -0.343 e. The fourth-order valence-corrected chi connectivity index (χ4v) is 3.28. The van der Waals surface area contributed by atoms with Gasteiger partial charge in [0.15, 0.2) is 5.78 Å². The average molecular weight is 312 g/mol. The van der Waals surface area contributed by atoms with E-state index in [4.69, 9.17) is 0 Å². The fourth-order valence-electron chi connectivity index (χ4n) is 3.28. The molecule has 0 bridgehead atoms.